The molecule has 0 amide bonds. The Bertz CT molecular complexity index is 914. The van der Waals surface area contributed by atoms with Crippen LogP contribution >= 0.6 is 0 Å². The fourth-order valence-electron chi connectivity index (χ4n) is 4.32. The molecule has 2 heterocycles. The summed E-state index contributed by atoms with van der Waals surface area (Å²) in [4.78, 5) is 1.84. The predicted molar refractivity (Wildman–Crippen MR) is 102 cm³/mol. The smallest absolute Gasteiger partial charge is 0.381 e. The van der Waals surface area contributed by atoms with Gasteiger partial charge >= 0.3 is 6.18 Å². The van der Waals surface area contributed by atoms with Crippen molar-refractivity contribution < 1.29 is 26.3 Å². The summed E-state index contributed by atoms with van der Waals surface area (Å²) in [6.07, 6.45) is -2.83. The van der Waals surface area contributed by atoms with Crippen LogP contribution in [0.3, 0.4) is 0 Å². The molecule has 29 heavy (non-hydrogen) atoms. The van der Waals surface area contributed by atoms with Gasteiger partial charge in [-0.2, -0.15) is 18.4 Å². The lowest BCUT2D eigenvalue weighted by Crippen LogP contribution is -2.49. The molecule has 0 bridgehead atoms. The molecule has 2 fully saturated rings. The zero-order valence-corrected chi connectivity index (χ0v) is 17.2. The topological polar surface area (TPSA) is 73.6 Å². The van der Waals surface area contributed by atoms with Crippen molar-refractivity contribution in [2.24, 2.45) is 11.3 Å². The van der Waals surface area contributed by atoms with Crippen LogP contribution in [0.5, 0.6) is 0 Å². The summed E-state index contributed by atoms with van der Waals surface area (Å²) in [6, 6.07) is 5.32. The van der Waals surface area contributed by atoms with Crippen LogP contribution < -0.4 is 4.90 Å². The third-order valence-electron chi connectivity index (χ3n) is 5.96. The summed E-state index contributed by atoms with van der Waals surface area (Å²) >= 11 is 0. The molecule has 2 saturated heterocycles. The lowest BCUT2D eigenvalue weighted by atomic mass is 9.73. The number of sulfonamides is 1. The molecule has 0 N–H and O–H groups in total. The minimum atomic E-state index is -4.62. The van der Waals surface area contributed by atoms with E-state index in [0.717, 1.165) is 6.07 Å². The molecule has 2 aliphatic rings. The zero-order valence-electron chi connectivity index (χ0n) is 16.4. The predicted octanol–water partition coefficient (Wildman–Crippen LogP) is 2.70. The molecular weight excluding hydrogens is 407 g/mol. The summed E-state index contributed by atoms with van der Waals surface area (Å²) < 4.78 is 71.2. The van der Waals surface area contributed by atoms with E-state index in [4.69, 9.17) is 10.00 Å². The number of halogens is 3. The van der Waals surface area contributed by atoms with E-state index in [0.29, 0.717) is 51.5 Å². The molecule has 1 aromatic carbocycles. The van der Waals surface area contributed by atoms with E-state index < -0.39 is 27.3 Å². The number of nitriles is 1. The molecule has 0 saturated carbocycles. The van der Waals surface area contributed by atoms with E-state index in [1.807, 2.05) is 11.8 Å². The first-order valence-electron chi connectivity index (χ1n) is 9.39. The summed E-state index contributed by atoms with van der Waals surface area (Å²) in [6.45, 7) is 4.43. The van der Waals surface area contributed by atoms with Crippen molar-refractivity contribution in [3.63, 3.8) is 0 Å². The zero-order chi connectivity index (χ0) is 21.4. The van der Waals surface area contributed by atoms with Crippen molar-refractivity contribution >= 4 is 15.7 Å². The van der Waals surface area contributed by atoms with E-state index >= 15 is 0 Å². The number of anilines is 1. The SMILES string of the molecule is CCOCC12CCN(c3ccc(C#N)c(C(F)(F)F)c3)CC1CN(S(C)(=O)=O)C2. The van der Waals surface area contributed by atoms with Crippen molar-refractivity contribution in [3.8, 4) is 6.07 Å². The largest absolute Gasteiger partial charge is 0.417 e. The minimum Gasteiger partial charge on any atom is -0.381 e. The first kappa shape index (κ1) is 21.9. The Morgan fingerprint density at radius 2 is 2.07 bits per heavy atom. The van der Waals surface area contributed by atoms with Gasteiger partial charge in [-0.15, -0.1) is 0 Å². The van der Waals surface area contributed by atoms with Crippen LogP contribution in [0.2, 0.25) is 0 Å². The summed E-state index contributed by atoms with van der Waals surface area (Å²) in [5.74, 6) is -0.0532. The summed E-state index contributed by atoms with van der Waals surface area (Å²) in [7, 11) is -3.37. The molecule has 160 valence electrons. The van der Waals surface area contributed by atoms with Crippen LogP contribution in [0, 0.1) is 22.7 Å². The molecule has 2 unspecified atom stereocenters. The van der Waals surface area contributed by atoms with Crippen molar-refractivity contribution in [2.45, 2.75) is 19.5 Å². The number of fused-ring (bicyclic) bond motifs is 1. The number of rotatable bonds is 5. The van der Waals surface area contributed by atoms with Gasteiger partial charge in [-0.1, -0.05) is 0 Å². The van der Waals surface area contributed by atoms with Gasteiger partial charge in [-0.05, 0) is 37.5 Å². The number of piperidine rings is 1. The molecule has 0 spiro atoms. The minimum absolute atomic E-state index is 0.0532. The molecular formula is C19H24F3N3O3S. The summed E-state index contributed by atoms with van der Waals surface area (Å²) in [5, 5.41) is 8.99. The number of ether oxygens (including phenoxy) is 1. The Hall–Kier alpha value is -1.83. The highest BCUT2D eigenvalue weighted by atomic mass is 32.2. The second kappa shape index (κ2) is 7.78. The molecule has 0 aromatic heterocycles. The van der Waals surface area contributed by atoms with Crippen LogP contribution in [-0.4, -0.2) is 58.4 Å². The number of benzene rings is 1. The van der Waals surface area contributed by atoms with Gasteiger partial charge in [0.2, 0.25) is 10.0 Å². The van der Waals surface area contributed by atoms with E-state index in [2.05, 4.69) is 0 Å². The molecule has 6 nitrogen and oxygen atoms in total. The van der Waals surface area contributed by atoms with Crippen molar-refractivity contribution in [1.82, 2.24) is 4.31 Å². The van der Waals surface area contributed by atoms with Crippen LogP contribution in [0.25, 0.3) is 0 Å². The normalized spacial score (nSPS) is 25.7. The average molecular weight is 431 g/mol. The highest BCUT2D eigenvalue weighted by Gasteiger charge is 2.51. The van der Waals surface area contributed by atoms with Crippen LogP contribution in [0.15, 0.2) is 18.2 Å². The van der Waals surface area contributed by atoms with Gasteiger partial charge in [-0.3, -0.25) is 0 Å². The van der Waals surface area contributed by atoms with Gasteiger partial charge in [0.25, 0.3) is 0 Å². The van der Waals surface area contributed by atoms with E-state index in [1.54, 1.807) is 6.07 Å². The van der Waals surface area contributed by atoms with E-state index in [9.17, 15) is 21.6 Å². The summed E-state index contributed by atoms with van der Waals surface area (Å²) in [5.41, 5.74) is -1.31. The van der Waals surface area contributed by atoms with Crippen molar-refractivity contribution in [3.05, 3.63) is 29.3 Å². The van der Waals surface area contributed by atoms with E-state index in [1.165, 1.54) is 22.7 Å². The lowest BCUT2D eigenvalue weighted by Gasteiger charge is -2.44. The maximum Gasteiger partial charge on any atom is 0.417 e. The first-order chi connectivity index (χ1) is 13.5. The monoisotopic (exact) mass is 431 g/mol. The van der Waals surface area contributed by atoms with Gasteiger partial charge in [0.15, 0.2) is 0 Å². The third-order valence-corrected chi connectivity index (χ3v) is 7.17. The highest BCUT2D eigenvalue weighted by molar-refractivity contribution is 7.88. The molecule has 2 atom stereocenters. The molecule has 0 radical (unpaired) electrons. The Kier molecular flexibility index (Phi) is 5.87. The maximum atomic E-state index is 13.3. The molecule has 2 aliphatic heterocycles. The third kappa shape index (κ3) is 4.37. The first-order valence-corrected chi connectivity index (χ1v) is 11.2. The van der Waals surface area contributed by atoms with Crippen LogP contribution in [0.1, 0.15) is 24.5 Å². The van der Waals surface area contributed by atoms with Crippen molar-refractivity contribution in [2.75, 3.05) is 50.5 Å². The quantitative estimate of drug-likeness (QED) is 0.717. The Morgan fingerprint density at radius 3 is 2.66 bits per heavy atom. The second-order valence-electron chi connectivity index (χ2n) is 7.79. The van der Waals surface area contributed by atoms with Gasteiger partial charge in [0.05, 0.1) is 30.1 Å². The van der Waals surface area contributed by atoms with E-state index in [-0.39, 0.29) is 11.3 Å². The van der Waals surface area contributed by atoms with Gasteiger partial charge in [0, 0.05) is 43.9 Å². The number of alkyl halides is 3. The molecule has 10 heteroatoms. The number of nitrogens with zero attached hydrogens (tertiary/aromatic N) is 3. The Balaban J connectivity index is 1.89. The molecule has 3 rings (SSSR count). The number of hydrogen-bond acceptors (Lipinski definition) is 5. The molecule has 1 aromatic rings. The van der Waals surface area contributed by atoms with Gasteiger partial charge in [-0.25, -0.2) is 12.7 Å². The Labute approximate surface area is 168 Å². The van der Waals surface area contributed by atoms with Crippen LogP contribution in [0.4, 0.5) is 18.9 Å². The molecule has 0 aliphatic carbocycles. The Morgan fingerprint density at radius 1 is 1.34 bits per heavy atom. The van der Waals surface area contributed by atoms with Gasteiger partial charge < -0.3 is 9.64 Å². The fraction of sp³-hybridized carbons (Fsp3) is 0.632. The van der Waals surface area contributed by atoms with Gasteiger partial charge in [0.1, 0.15) is 0 Å². The standard InChI is InChI=1S/C19H24F3N3O3S/c1-3-28-13-18-6-7-24(10-15(18)11-25(12-18)29(2,26)27)16-5-4-14(9-23)17(8-16)19(20,21)22/h4-5,8,15H,3,6-7,10-13H2,1-2H3. The second-order valence-corrected chi connectivity index (χ2v) is 9.77. The maximum absolute atomic E-state index is 13.3. The fourth-order valence-corrected chi connectivity index (χ4v) is 5.27. The number of hydrogen-bond donors (Lipinski definition) is 0. The lowest BCUT2D eigenvalue weighted by molar-refractivity contribution is -0.137. The van der Waals surface area contributed by atoms with Crippen molar-refractivity contribution in [1.29, 1.82) is 5.26 Å². The van der Waals surface area contributed by atoms with Crippen LogP contribution in [-0.2, 0) is 20.9 Å². The highest BCUT2D eigenvalue weighted by Crippen LogP contribution is 2.45. The average Bonchev–Trinajstić information content (AvgIpc) is 3.04.